The van der Waals surface area contributed by atoms with Gasteiger partial charge in [-0.3, -0.25) is 4.99 Å². The highest BCUT2D eigenvalue weighted by Gasteiger charge is 2.33. The predicted molar refractivity (Wildman–Crippen MR) is 106 cm³/mol. The predicted octanol–water partition coefficient (Wildman–Crippen LogP) is 3.50. The van der Waals surface area contributed by atoms with Gasteiger partial charge >= 0.3 is 0 Å². The van der Waals surface area contributed by atoms with Crippen molar-refractivity contribution in [3.63, 3.8) is 0 Å². The van der Waals surface area contributed by atoms with E-state index in [1.54, 1.807) is 0 Å². The van der Waals surface area contributed by atoms with Gasteiger partial charge in [-0.05, 0) is 24.6 Å². The zero-order valence-corrected chi connectivity index (χ0v) is 17.4. The van der Waals surface area contributed by atoms with Crippen molar-refractivity contribution in [2.45, 2.75) is 20.4 Å². The second kappa shape index (κ2) is 9.08. The molecule has 1 aromatic rings. The SMILES string of the molecule is CCNC(=NCC1(C)COC1)N(C)Cc1ccc(Br)cc1.I. The van der Waals surface area contributed by atoms with E-state index < -0.39 is 0 Å². The lowest BCUT2D eigenvalue weighted by Crippen LogP contribution is -2.44. The van der Waals surface area contributed by atoms with Gasteiger partial charge in [0.05, 0.1) is 19.8 Å². The molecule has 1 aliphatic rings. The van der Waals surface area contributed by atoms with Gasteiger partial charge in [-0.15, -0.1) is 24.0 Å². The number of hydrogen-bond acceptors (Lipinski definition) is 2. The van der Waals surface area contributed by atoms with Gasteiger partial charge in [-0.25, -0.2) is 0 Å². The lowest BCUT2D eigenvalue weighted by atomic mass is 9.89. The van der Waals surface area contributed by atoms with Crippen LogP contribution in [0.3, 0.4) is 0 Å². The third kappa shape index (κ3) is 5.70. The molecule has 1 aliphatic heterocycles. The summed E-state index contributed by atoms with van der Waals surface area (Å²) in [4.78, 5) is 6.93. The van der Waals surface area contributed by atoms with Crippen LogP contribution >= 0.6 is 39.9 Å². The largest absolute Gasteiger partial charge is 0.380 e. The Morgan fingerprint density at radius 2 is 2.00 bits per heavy atom. The van der Waals surface area contributed by atoms with Crippen LogP contribution in [0.2, 0.25) is 0 Å². The maximum absolute atomic E-state index is 5.29. The fraction of sp³-hybridized carbons (Fsp3) is 0.562. The summed E-state index contributed by atoms with van der Waals surface area (Å²) >= 11 is 3.46. The molecule has 0 amide bonds. The highest BCUT2D eigenvalue weighted by atomic mass is 127. The molecule has 0 atom stereocenters. The maximum atomic E-state index is 5.29. The molecule has 0 aromatic heterocycles. The van der Waals surface area contributed by atoms with Crippen molar-refractivity contribution in [1.82, 2.24) is 10.2 Å². The van der Waals surface area contributed by atoms with Gasteiger partial charge in [0.1, 0.15) is 0 Å². The molecular weight excluding hydrogens is 457 g/mol. The standard InChI is InChI=1S/C16H24BrN3O.HI/c1-4-18-15(19-10-16(2)11-21-12-16)20(3)9-13-5-7-14(17)8-6-13;/h5-8H,4,9-12H2,1-3H3,(H,18,19);1H. The van der Waals surface area contributed by atoms with Crippen LogP contribution in [0.4, 0.5) is 0 Å². The van der Waals surface area contributed by atoms with Gasteiger partial charge in [-0.1, -0.05) is 35.0 Å². The highest BCUT2D eigenvalue weighted by molar-refractivity contribution is 14.0. The average molecular weight is 482 g/mol. The van der Waals surface area contributed by atoms with E-state index >= 15 is 0 Å². The molecule has 22 heavy (non-hydrogen) atoms. The van der Waals surface area contributed by atoms with E-state index in [4.69, 9.17) is 9.73 Å². The van der Waals surface area contributed by atoms with E-state index in [2.05, 4.69) is 71.3 Å². The van der Waals surface area contributed by atoms with Crippen molar-refractivity contribution in [1.29, 1.82) is 0 Å². The first kappa shape index (κ1) is 19.7. The van der Waals surface area contributed by atoms with Crippen molar-refractivity contribution < 1.29 is 4.74 Å². The summed E-state index contributed by atoms with van der Waals surface area (Å²) < 4.78 is 6.39. The van der Waals surface area contributed by atoms with E-state index in [-0.39, 0.29) is 29.4 Å². The third-order valence-electron chi connectivity index (χ3n) is 3.54. The van der Waals surface area contributed by atoms with Crippen molar-refractivity contribution in [3.05, 3.63) is 34.3 Å². The Hall–Kier alpha value is -0.340. The summed E-state index contributed by atoms with van der Waals surface area (Å²) in [5.41, 5.74) is 1.48. The first-order valence-corrected chi connectivity index (χ1v) is 8.13. The van der Waals surface area contributed by atoms with Crippen LogP contribution in [0.25, 0.3) is 0 Å². The minimum absolute atomic E-state index is 0. The second-order valence-electron chi connectivity index (χ2n) is 5.96. The molecule has 0 unspecified atom stereocenters. The van der Waals surface area contributed by atoms with Crippen LogP contribution in [0.15, 0.2) is 33.7 Å². The summed E-state index contributed by atoms with van der Waals surface area (Å²) in [5, 5.41) is 3.36. The molecule has 124 valence electrons. The average Bonchev–Trinajstić information content (AvgIpc) is 2.43. The number of benzene rings is 1. The van der Waals surface area contributed by atoms with Gasteiger partial charge in [0.2, 0.25) is 0 Å². The van der Waals surface area contributed by atoms with Gasteiger partial charge in [0, 0.05) is 30.0 Å². The van der Waals surface area contributed by atoms with Gasteiger partial charge in [0.15, 0.2) is 5.96 Å². The van der Waals surface area contributed by atoms with Crippen LogP contribution in [-0.4, -0.2) is 44.2 Å². The van der Waals surface area contributed by atoms with Crippen LogP contribution in [0.1, 0.15) is 19.4 Å². The van der Waals surface area contributed by atoms with Gasteiger partial charge in [0.25, 0.3) is 0 Å². The molecule has 0 saturated carbocycles. The fourth-order valence-corrected chi connectivity index (χ4v) is 2.48. The molecule has 0 bridgehead atoms. The third-order valence-corrected chi connectivity index (χ3v) is 4.07. The second-order valence-corrected chi connectivity index (χ2v) is 6.87. The Labute approximate surface area is 158 Å². The Bertz CT molecular complexity index is 489. The number of halogens is 2. The monoisotopic (exact) mass is 481 g/mol. The topological polar surface area (TPSA) is 36.9 Å². The molecule has 1 aromatic carbocycles. The number of hydrogen-bond donors (Lipinski definition) is 1. The summed E-state index contributed by atoms with van der Waals surface area (Å²) in [5.74, 6) is 0.952. The number of nitrogens with zero attached hydrogens (tertiary/aromatic N) is 2. The smallest absolute Gasteiger partial charge is 0.193 e. The summed E-state index contributed by atoms with van der Waals surface area (Å²) in [7, 11) is 2.07. The summed E-state index contributed by atoms with van der Waals surface area (Å²) in [6.07, 6.45) is 0. The van der Waals surface area contributed by atoms with Crippen molar-refractivity contribution in [2.75, 3.05) is 33.4 Å². The molecule has 0 radical (unpaired) electrons. The van der Waals surface area contributed by atoms with Crippen molar-refractivity contribution >= 4 is 45.9 Å². The minimum atomic E-state index is 0. The number of ether oxygens (including phenoxy) is 1. The van der Waals surface area contributed by atoms with Crippen LogP contribution in [-0.2, 0) is 11.3 Å². The molecule has 1 N–H and O–H groups in total. The summed E-state index contributed by atoms with van der Waals surface area (Å²) in [6.45, 7) is 8.46. The minimum Gasteiger partial charge on any atom is -0.380 e. The van der Waals surface area contributed by atoms with Crippen LogP contribution in [0, 0.1) is 5.41 Å². The number of nitrogens with one attached hydrogen (secondary N) is 1. The molecule has 0 spiro atoms. The zero-order chi connectivity index (χ0) is 15.3. The Morgan fingerprint density at radius 1 is 1.36 bits per heavy atom. The lowest BCUT2D eigenvalue weighted by molar-refractivity contribution is -0.0946. The van der Waals surface area contributed by atoms with E-state index in [0.29, 0.717) is 0 Å². The highest BCUT2D eigenvalue weighted by Crippen LogP contribution is 2.26. The van der Waals surface area contributed by atoms with Gasteiger partial charge < -0.3 is 15.0 Å². The molecule has 4 nitrogen and oxygen atoms in total. The lowest BCUT2D eigenvalue weighted by Gasteiger charge is -2.37. The summed E-state index contributed by atoms with van der Waals surface area (Å²) in [6, 6.07) is 8.40. The zero-order valence-electron chi connectivity index (χ0n) is 13.4. The van der Waals surface area contributed by atoms with E-state index in [9.17, 15) is 0 Å². The number of guanidine groups is 1. The van der Waals surface area contributed by atoms with E-state index in [1.165, 1.54) is 5.56 Å². The fourth-order valence-electron chi connectivity index (χ4n) is 2.22. The Morgan fingerprint density at radius 3 is 2.50 bits per heavy atom. The number of rotatable bonds is 5. The first-order valence-electron chi connectivity index (χ1n) is 7.34. The maximum Gasteiger partial charge on any atom is 0.193 e. The van der Waals surface area contributed by atoms with Crippen LogP contribution < -0.4 is 5.32 Å². The molecule has 2 rings (SSSR count). The molecule has 1 saturated heterocycles. The molecular formula is C16H25BrIN3O. The quantitative estimate of drug-likeness (QED) is 0.397. The molecule has 0 aliphatic carbocycles. The van der Waals surface area contributed by atoms with Crippen molar-refractivity contribution in [2.24, 2.45) is 10.4 Å². The van der Waals surface area contributed by atoms with Crippen LogP contribution in [0.5, 0.6) is 0 Å². The molecule has 1 heterocycles. The molecule has 6 heteroatoms. The number of aliphatic imine (C=N–C) groups is 1. The Balaban J connectivity index is 0.00000242. The first-order chi connectivity index (χ1) is 10.0. The molecule has 1 fully saturated rings. The van der Waals surface area contributed by atoms with Crippen molar-refractivity contribution in [3.8, 4) is 0 Å². The van der Waals surface area contributed by atoms with E-state index in [0.717, 1.165) is 43.3 Å². The normalized spacial score (nSPS) is 16.5. The Kier molecular flexibility index (Phi) is 8.13. The van der Waals surface area contributed by atoms with Gasteiger partial charge in [-0.2, -0.15) is 0 Å². The van der Waals surface area contributed by atoms with E-state index in [1.807, 2.05) is 0 Å².